The van der Waals surface area contributed by atoms with Crippen LogP contribution < -0.4 is 4.43 Å². The molecule has 2 heteroatoms. The minimum absolute atomic E-state index is 0. The van der Waals surface area contributed by atoms with E-state index in [9.17, 15) is 0 Å². The Hall–Kier alpha value is -1.59. The molecular weight excluding hydrogens is 446 g/mol. The third-order valence-corrected chi connectivity index (χ3v) is 12.4. The van der Waals surface area contributed by atoms with Gasteiger partial charge < -0.3 is 0 Å². The molecule has 0 spiro atoms. The first-order chi connectivity index (χ1) is 16.5. The molecule has 5 rings (SSSR count). The molecule has 0 radical (unpaired) electrons. The van der Waals surface area contributed by atoms with Gasteiger partial charge in [0.15, 0.2) is 0 Å². The zero-order chi connectivity index (χ0) is 23.7. The zero-order valence-electron chi connectivity index (χ0n) is 21.0. The van der Waals surface area contributed by atoms with Gasteiger partial charge in [0.1, 0.15) is 0 Å². The van der Waals surface area contributed by atoms with Crippen molar-refractivity contribution in [3.63, 3.8) is 0 Å². The van der Waals surface area contributed by atoms with Crippen molar-refractivity contribution < 1.29 is 0 Å². The van der Waals surface area contributed by atoms with Gasteiger partial charge in [-0.2, -0.15) is 0 Å². The second-order valence-electron chi connectivity index (χ2n) is 10.5. The van der Waals surface area contributed by atoms with Crippen LogP contribution in [0.5, 0.6) is 0 Å². The SMILES string of the molecule is Cc1ccc(C2CC[CH2][Al]([c]3ccc(C)cc3)[C]2(c2ccc(C)cc2)c2ccc(C)cc2)cc1.[NaH]. The monoisotopic (exact) mass is 482 g/mol. The normalized spacial score (nSPS) is 17.0. The van der Waals surface area contributed by atoms with E-state index in [-0.39, 0.29) is 33.8 Å². The van der Waals surface area contributed by atoms with Crippen LogP contribution in [0.2, 0.25) is 5.28 Å². The molecule has 172 valence electrons. The van der Waals surface area contributed by atoms with E-state index >= 15 is 0 Å². The van der Waals surface area contributed by atoms with Gasteiger partial charge in [-0.05, 0) is 61.0 Å². The Kier molecular flexibility index (Phi) is 8.48. The molecule has 1 saturated heterocycles. The summed E-state index contributed by atoms with van der Waals surface area (Å²) >= 11 is -1.48. The Morgan fingerprint density at radius 3 is 1.43 bits per heavy atom. The predicted octanol–water partition coefficient (Wildman–Crippen LogP) is 7.08. The first-order valence-corrected chi connectivity index (χ1v) is 14.7. The number of hydrogen-bond donors (Lipinski definition) is 0. The van der Waals surface area contributed by atoms with E-state index in [0.29, 0.717) is 5.92 Å². The molecule has 0 aliphatic carbocycles. The topological polar surface area (TPSA) is 0 Å². The van der Waals surface area contributed by atoms with Gasteiger partial charge in [-0.1, -0.05) is 131 Å². The van der Waals surface area contributed by atoms with Crippen LogP contribution in [-0.4, -0.2) is 43.7 Å². The molecule has 1 unspecified atom stereocenters. The third kappa shape index (κ3) is 5.13. The van der Waals surface area contributed by atoms with Crippen molar-refractivity contribution in [1.29, 1.82) is 0 Å². The number of rotatable bonds is 4. The first kappa shape index (κ1) is 26.5. The van der Waals surface area contributed by atoms with Crippen LogP contribution in [-0.2, 0) is 4.28 Å². The van der Waals surface area contributed by atoms with Crippen molar-refractivity contribution in [1.82, 2.24) is 0 Å². The molecule has 1 atom stereocenters. The van der Waals surface area contributed by atoms with Crippen LogP contribution in [0.4, 0.5) is 0 Å². The molecule has 4 aromatic rings. The summed E-state index contributed by atoms with van der Waals surface area (Å²) in [6.07, 6.45) is 2.54. The Bertz CT molecular complexity index is 1140. The van der Waals surface area contributed by atoms with Crippen LogP contribution >= 0.6 is 0 Å². The summed E-state index contributed by atoms with van der Waals surface area (Å²) in [5, 5.41) is 1.34. The molecule has 35 heavy (non-hydrogen) atoms. The fraction of sp³-hybridized carbons (Fsp3) is 0.273. The van der Waals surface area contributed by atoms with E-state index < -0.39 is 14.1 Å². The van der Waals surface area contributed by atoms with Crippen molar-refractivity contribution in [2.24, 2.45) is 0 Å². The summed E-state index contributed by atoms with van der Waals surface area (Å²) in [4.78, 5) is 0. The summed E-state index contributed by atoms with van der Waals surface area (Å²) in [5.41, 5.74) is 9.85. The van der Waals surface area contributed by atoms with Crippen LogP contribution in [0.25, 0.3) is 0 Å². The van der Waals surface area contributed by atoms with E-state index in [1.807, 2.05) is 0 Å². The van der Waals surface area contributed by atoms with Crippen LogP contribution in [0.1, 0.15) is 57.7 Å². The van der Waals surface area contributed by atoms with Crippen LogP contribution in [0, 0.1) is 27.7 Å². The van der Waals surface area contributed by atoms with E-state index in [2.05, 4.69) is 125 Å². The average Bonchev–Trinajstić information content (AvgIpc) is 2.86. The molecule has 0 saturated carbocycles. The van der Waals surface area contributed by atoms with Crippen molar-refractivity contribution in [2.75, 3.05) is 0 Å². The van der Waals surface area contributed by atoms with Gasteiger partial charge in [0, 0.05) is 0 Å². The molecule has 1 aliphatic rings. The average molecular weight is 483 g/mol. The van der Waals surface area contributed by atoms with E-state index in [1.54, 1.807) is 4.43 Å². The molecule has 0 bridgehead atoms. The van der Waals surface area contributed by atoms with Gasteiger partial charge in [0.05, 0.1) is 0 Å². The summed E-state index contributed by atoms with van der Waals surface area (Å²) in [5.74, 6) is 0.477. The first-order valence-electron chi connectivity index (χ1n) is 12.8. The van der Waals surface area contributed by atoms with Crippen molar-refractivity contribution in [3.8, 4) is 0 Å². The molecule has 0 N–H and O–H groups in total. The van der Waals surface area contributed by atoms with E-state index in [1.165, 1.54) is 57.1 Å². The Balaban J connectivity index is 0.00000289. The second-order valence-corrected chi connectivity index (χ2v) is 13.7. The van der Waals surface area contributed by atoms with Gasteiger partial charge in [0.2, 0.25) is 0 Å². The quantitative estimate of drug-likeness (QED) is 0.273. The summed E-state index contributed by atoms with van der Waals surface area (Å²) < 4.78 is 1.62. The fourth-order valence-corrected chi connectivity index (χ4v) is 11.0. The molecule has 1 fully saturated rings. The summed E-state index contributed by atoms with van der Waals surface area (Å²) in [6, 6.07) is 38.0. The minimum atomic E-state index is -1.48. The molecular formula is C33H36AlNa. The molecule has 1 aliphatic heterocycles. The maximum absolute atomic E-state index is 2.45. The fourth-order valence-electron chi connectivity index (χ4n) is 6.31. The Morgan fingerprint density at radius 1 is 0.571 bits per heavy atom. The standard InChI is InChI=1S/C26H28.C7H7.Al.Na.H/c1-5-6-25(22-13-7-19(2)8-14-22)26(23-15-9-20(3)10-16-23)24-17-11-21(4)12-18-24;1-7-5-3-2-4-6-7;;;/h7-18,25H,1,5-6H2,2-4H3;3-6H,1H3;;;. The Labute approximate surface area is 238 Å². The number of aryl methyl sites for hydroxylation is 4. The van der Waals surface area contributed by atoms with Gasteiger partial charge in [-0.15, -0.1) is 4.43 Å². The molecule has 0 nitrogen and oxygen atoms in total. The molecule has 1 heterocycles. The van der Waals surface area contributed by atoms with Gasteiger partial charge >= 0.3 is 43.7 Å². The maximum atomic E-state index is 2.45. The second kappa shape index (κ2) is 11.2. The number of benzene rings is 4. The predicted molar refractivity (Wildman–Crippen MR) is 155 cm³/mol. The van der Waals surface area contributed by atoms with E-state index in [0.717, 1.165) is 0 Å². The van der Waals surface area contributed by atoms with Crippen LogP contribution in [0.15, 0.2) is 97.1 Å². The van der Waals surface area contributed by atoms with Crippen molar-refractivity contribution >= 4 is 48.1 Å². The zero-order valence-corrected chi connectivity index (χ0v) is 22.2. The van der Waals surface area contributed by atoms with Crippen molar-refractivity contribution in [3.05, 3.63) is 136 Å². The third-order valence-electron chi connectivity index (χ3n) is 8.10. The van der Waals surface area contributed by atoms with Gasteiger partial charge in [-0.25, -0.2) is 0 Å². The van der Waals surface area contributed by atoms with Crippen molar-refractivity contribution in [2.45, 2.75) is 56.0 Å². The van der Waals surface area contributed by atoms with Crippen LogP contribution in [0.3, 0.4) is 0 Å². The van der Waals surface area contributed by atoms with Gasteiger partial charge in [-0.3, -0.25) is 0 Å². The molecule has 0 aromatic heterocycles. The number of hydrogen-bond acceptors (Lipinski definition) is 0. The summed E-state index contributed by atoms with van der Waals surface area (Å²) in [6.45, 7) is 8.81. The summed E-state index contributed by atoms with van der Waals surface area (Å²) in [7, 11) is 0. The Morgan fingerprint density at radius 2 is 0.971 bits per heavy atom. The van der Waals surface area contributed by atoms with E-state index in [4.69, 9.17) is 0 Å². The van der Waals surface area contributed by atoms with Gasteiger partial charge in [0.25, 0.3) is 0 Å². The molecule has 4 aromatic carbocycles. The molecule has 0 amide bonds.